The minimum atomic E-state index is -0.720. The lowest BCUT2D eigenvalue weighted by Crippen LogP contribution is -2.32. The Morgan fingerprint density at radius 2 is 1.93 bits per heavy atom. The Morgan fingerprint density at radius 3 is 2.55 bits per heavy atom. The number of benzene rings is 2. The molecule has 3 aromatic rings. The molecule has 0 unspecified atom stereocenters. The SMILES string of the molecule is COc1cc(Br)c(CC(=O)N[C@H](c2ccccc2F)c2nccn2C)cc1OC. The van der Waals surface area contributed by atoms with Gasteiger partial charge in [-0.3, -0.25) is 4.79 Å². The number of carbonyl (C=O) groups excluding carboxylic acids is 1. The number of halogens is 2. The van der Waals surface area contributed by atoms with Crippen molar-refractivity contribution in [2.24, 2.45) is 7.05 Å². The van der Waals surface area contributed by atoms with Crippen molar-refractivity contribution in [3.05, 3.63) is 76.0 Å². The van der Waals surface area contributed by atoms with Gasteiger partial charge in [0.25, 0.3) is 0 Å². The van der Waals surface area contributed by atoms with Crippen LogP contribution in [0.1, 0.15) is 23.0 Å². The normalized spacial score (nSPS) is 11.8. The van der Waals surface area contributed by atoms with Crippen LogP contribution in [0.3, 0.4) is 0 Å². The molecular weight excluding hydrogens is 441 g/mol. The first-order chi connectivity index (χ1) is 13.9. The molecule has 152 valence electrons. The minimum absolute atomic E-state index is 0.0658. The van der Waals surface area contributed by atoms with E-state index in [0.29, 0.717) is 32.9 Å². The Labute approximate surface area is 176 Å². The molecular formula is C21H21BrFN3O3. The summed E-state index contributed by atoms with van der Waals surface area (Å²) in [5.74, 6) is 0.922. The number of hydrogen-bond donors (Lipinski definition) is 1. The van der Waals surface area contributed by atoms with Crippen molar-refractivity contribution in [2.75, 3.05) is 14.2 Å². The predicted molar refractivity (Wildman–Crippen MR) is 111 cm³/mol. The second-order valence-corrected chi connectivity index (χ2v) is 7.25. The van der Waals surface area contributed by atoms with Gasteiger partial charge in [-0.25, -0.2) is 9.37 Å². The molecule has 0 fully saturated rings. The van der Waals surface area contributed by atoms with Crippen LogP contribution >= 0.6 is 15.9 Å². The van der Waals surface area contributed by atoms with Gasteiger partial charge in [-0.1, -0.05) is 34.1 Å². The zero-order valence-corrected chi connectivity index (χ0v) is 17.9. The molecule has 1 aromatic heterocycles. The number of ether oxygens (including phenoxy) is 2. The molecule has 29 heavy (non-hydrogen) atoms. The topological polar surface area (TPSA) is 65.4 Å². The first-order valence-corrected chi connectivity index (χ1v) is 9.65. The van der Waals surface area contributed by atoms with Crippen molar-refractivity contribution < 1.29 is 18.7 Å². The fourth-order valence-corrected chi connectivity index (χ4v) is 3.53. The second-order valence-electron chi connectivity index (χ2n) is 6.39. The van der Waals surface area contributed by atoms with Crippen LogP contribution < -0.4 is 14.8 Å². The largest absolute Gasteiger partial charge is 0.493 e. The van der Waals surface area contributed by atoms with Gasteiger partial charge in [0.15, 0.2) is 11.5 Å². The van der Waals surface area contributed by atoms with Gasteiger partial charge < -0.3 is 19.4 Å². The fraction of sp³-hybridized carbons (Fsp3) is 0.238. The number of aryl methyl sites for hydroxylation is 1. The van der Waals surface area contributed by atoms with E-state index >= 15 is 0 Å². The monoisotopic (exact) mass is 461 g/mol. The van der Waals surface area contributed by atoms with Crippen molar-refractivity contribution >= 4 is 21.8 Å². The van der Waals surface area contributed by atoms with Crippen molar-refractivity contribution in [2.45, 2.75) is 12.5 Å². The van der Waals surface area contributed by atoms with Crippen molar-refractivity contribution in [3.8, 4) is 11.5 Å². The second kappa shape index (κ2) is 9.09. The molecule has 0 spiro atoms. The summed E-state index contributed by atoms with van der Waals surface area (Å²) in [7, 11) is 4.88. The van der Waals surface area contributed by atoms with Crippen molar-refractivity contribution in [1.29, 1.82) is 0 Å². The number of carbonyl (C=O) groups is 1. The molecule has 1 atom stereocenters. The van der Waals surface area contributed by atoms with Crippen LogP contribution in [-0.4, -0.2) is 29.7 Å². The molecule has 0 aliphatic rings. The lowest BCUT2D eigenvalue weighted by molar-refractivity contribution is -0.121. The number of rotatable bonds is 7. The molecule has 0 aliphatic heterocycles. The number of methoxy groups -OCH3 is 2. The highest BCUT2D eigenvalue weighted by Gasteiger charge is 2.24. The molecule has 2 aromatic carbocycles. The Balaban J connectivity index is 1.89. The average Bonchev–Trinajstić information content (AvgIpc) is 3.13. The van der Waals surface area contributed by atoms with Gasteiger partial charge in [0.2, 0.25) is 5.91 Å². The highest BCUT2D eigenvalue weighted by molar-refractivity contribution is 9.10. The van der Waals surface area contributed by atoms with Gasteiger partial charge in [-0.15, -0.1) is 0 Å². The zero-order valence-electron chi connectivity index (χ0n) is 16.3. The zero-order chi connectivity index (χ0) is 21.0. The van der Waals surface area contributed by atoms with Gasteiger partial charge in [0.05, 0.1) is 20.6 Å². The maximum atomic E-state index is 14.5. The van der Waals surface area contributed by atoms with E-state index in [1.54, 1.807) is 61.5 Å². The molecule has 3 rings (SSSR count). The van der Waals surface area contributed by atoms with Gasteiger partial charge in [0.1, 0.15) is 17.7 Å². The smallest absolute Gasteiger partial charge is 0.225 e. The number of imidazole rings is 1. The molecule has 6 nitrogen and oxygen atoms in total. The van der Waals surface area contributed by atoms with Gasteiger partial charge in [-0.2, -0.15) is 0 Å². The molecule has 1 amide bonds. The van der Waals surface area contributed by atoms with Gasteiger partial charge >= 0.3 is 0 Å². The maximum absolute atomic E-state index is 14.5. The molecule has 0 saturated carbocycles. The molecule has 0 bridgehead atoms. The fourth-order valence-electron chi connectivity index (χ4n) is 3.06. The highest BCUT2D eigenvalue weighted by atomic mass is 79.9. The quantitative estimate of drug-likeness (QED) is 0.581. The molecule has 0 saturated heterocycles. The van der Waals surface area contributed by atoms with E-state index in [2.05, 4.69) is 26.2 Å². The van der Waals surface area contributed by atoms with Crippen LogP contribution in [0.25, 0.3) is 0 Å². The Morgan fingerprint density at radius 1 is 1.24 bits per heavy atom. The van der Waals surface area contributed by atoms with Crippen molar-refractivity contribution in [3.63, 3.8) is 0 Å². The number of hydrogen-bond acceptors (Lipinski definition) is 4. The molecule has 1 heterocycles. The highest BCUT2D eigenvalue weighted by Crippen LogP contribution is 2.33. The van der Waals surface area contributed by atoms with E-state index in [1.165, 1.54) is 13.2 Å². The third kappa shape index (κ3) is 4.59. The van der Waals surface area contributed by atoms with Crippen LogP contribution in [0, 0.1) is 5.82 Å². The third-order valence-electron chi connectivity index (χ3n) is 4.54. The molecule has 8 heteroatoms. The lowest BCUT2D eigenvalue weighted by atomic mass is 10.0. The Bertz CT molecular complexity index is 1020. The van der Waals surface area contributed by atoms with Crippen LogP contribution in [0.5, 0.6) is 11.5 Å². The van der Waals surface area contributed by atoms with Crippen LogP contribution in [0.15, 0.2) is 53.3 Å². The van der Waals surface area contributed by atoms with Gasteiger partial charge in [0, 0.05) is 29.5 Å². The summed E-state index contributed by atoms with van der Waals surface area (Å²) >= 11 is 3.46. The number of amides is 1. The average molecular weight is 462 g/mol. The van der Waals surface area contributed by atoms with E-state index in [-0.39, 0.29) is 12.3 Å². The van der Waals surface area contributed by atoms with Crippen LogP contribution in [0.4, 0.5) is 4.39 Å². The summed E-state index contributed by atoms with van der Waals surface area (Å²) in [5, 5.41) is 2.90. The van der Waals surface area contributed by atoms with Gasteiger partial charge in [-0.05, 0) is 23.8 Å². The standard InChI is InChI=1S/C21H21BrFN3O3/c1-26-9-8-24-21(26)20(14-6-4-5-7-16(14)23)25-19(27)11-13-10-17(28-2)18(29-3)12-15(13)22/h4-10,12,20H,11H2,1-3H3,(H,25,27)/t20-/m1/s1. The van der Waals surface area contributed by atoms with Crippen molar-refractivity contribution in [1.82, 2.24) is 14.9 Å². The number of nitrogens with zero attached hydrogens (tertiary/aromatic N) is 2. The van der Waals surface area contributed by atoms with Crippen LogP contribution in [-0.2, 0) is 18.3 Å². The third-order valence-corrected chi connectivity index (χ3v) is 5.28. The van der Waals surface area contributed by atoms with E-state index < -0.39 is 11.9 Å². The van der Waals surface area contributed by atoms with E-state index in [0.717, 1.165) is 0 Å². The Kier molecular flexibility index (Phi) is 6.53. The summed E-state index contributed by atoms with van der Waals surface area (Å²) in [6.07, 6.45) is 3.43. The summed E-state index contributed by atoms with van der Waals surface area (Å²) in [6.45, 7) is 0. The number of aromatic nitrogens is 2. The summed E-state index contributed by atoms with van der Waals surface area (Å²) < 4.78 is 27.5. The summed E-state index contributed by atoms with van der Waals surface area (Å²) in [5.41, 5.74) is 1.06. The lowest BCUT2D eigenvalue weighted by Gasteiger charge is -2.20. The molecule has 0 aliphatic carbocycles. The maximum Gasteiger partial charge on any atom is 0.225 e. The molecule has 0 radical (unpaired) electrons. The minimum Gasteiger partial charge on any atom is -0.493 e. The van der Waals surface area contributed by atoms with E-state index in [1.807, 2.05) is 0 Å². The Hall–Kier alpha value is -2.87. The molecule has 1 N–H and O–H groups in total. The number of nitrogens with one attached hydrogen (secondary N) is 1. The first kappa shape index (κ1) is 20.9. The van der Waals surface area contributed by atoms with Crippen LogP contribution in [0.2, 0.25) is 0 Å². The van der Waals surface area contributed by atoms with E-state index in [9.17, 15) is 9.18 Å². The summed E-state index contributed by atoms with van der Waals surface area (Å²) in [4.78, 5) is 17.2. The van der Waals surface area contributed by atoms with E-state index in [4.69, 9.17) is 9.47 Å². The first-order valence-electron chi connectivity index (χ1n) is 8.86. The summed E-state index contributed by atoms with van der Waals surface area (Å²) in [6, 6.07) is 9.10. The predicted octanol–water partition coefficient (Wildman–Crippen LogP) is 3.79.